The lowest BCUT2D eigenvalue weighted by atomic mass is 9.97. The van der Waals surface area contributed by atoms with Crippen LogP contribution in [-0.2, 0) is 0 Å². The predicted octanol–water partition coefficient (Wildman–Crippen LogP) is 5.50. The first kappa shape index (κ1) is 20.2. The third kappa shape index (κ3) is 9.34. The van der Waals surface area contributed by atoms with Gasteiger partial charge in [-0.05, 0) is 17.9 Å². The van der Waals surface area contributed by atoms with Gasteiger partial charge in [0.15, 0.2) is 0 Å². The molecule has 0 aliphatic carbocycles. The molecule has 0 heterocycles. The fourth-order valence-electron chi connectivity index (χ4n) is 1.38. The van der Waals surface area contributed by atoms with E-state index in [1.54, 1.807) is 0 Å². The second kappa shape index (κ2) is 16.2. The summed E-state index contributed by atoms with van der Waals surface area (Å²) in [6, 6.07) is 10.7. The van der Waals surface area contributed by atoms with Crippen LogP contribution in [0.3, 0.4) is 0 Å². The lowest BCUT2D eigenvalue weighted by molar-refractivity contribution is 0.665. The molecule has 1 rings (SSSR count). The molecule has 0 aliphatic rings. The standard InChI is InChI=1S/C11H16.C2H6.C2H2.CH4/c1-3-7-10(2)11-8-5-4-6-9-11;2*1-2;/h4-6,8-10H,3,7H2,1-2H3;1-2H3;1-2H;1H4. The normalized spacial score (nSPS) is 9.38. The van der Waals surface area contributed by atoms with Crippen molar-refractivity contribution < 1.29 is 0 Å². The number of hydrogen-bond acceptors (Lipinski definition) is 0. The third-order valence-electron chi connectivity index (χ3n) is 2.09. The Labute approximate surface area is 103 Å². The molecule has 0 amide bonds. The summed E-state index contributed by atoms with van der Waals surface area (Å²) in [5, 5.41) is 0. The maximum Gasteiger partial charge on any atom is -0.0190 e. The number of terminal acetylenes is 1. The van der Waals surface area contributed by atoms with Crippen LogP contribution in [0, 0.1) is 12.8 Å². The van der Waals surface area contributed by atoms with E-state index in [9.17, 15) is 0 Å². The SMILES string of the molecule is C.C#C.CC.CCCC(C)c1ccccc1. The lowest BCUT2D eigenvalue weighted by Gasteiger charge is -2.08. The van der Waals surface area contributed by atoms with Gasteiger partial charge in [0.2, 0.25) is 0 Å². The topological polar surface area (TPSA) is 0 Å². The van der Waals surface area contributed by atoms with E-state index in [-0.39, 0.29) is 7.43 Å². The van der Waals surface area contributed by atoms with Crippen LogP contribution in [-0.4, -0.2) is 0 Å². The summed E-state index contributed by atoms with van der Waals surface area (Å²) >= 11 is 0. The van der Waals surface area contributed by atoms with Crippen molar-refractivity contribution in [3.8, 4) is 12.8 Å². The van der Waals surface area contributed by atoms with Gasteiger partial charge in [0.05, 0.1) is 0 Å². The first-order valence-corrected chi connectivity index (χ1v) is 5.73. The molecule has 0 radical (unpaired) electrons. The zero-order chi connectivity index (χ0) is 12.1. The molecule has 1 aromatic rings. The van der Waals surface area contributed by atoms with Crippen molar-refractivity contribution in [3.05, 3.63) is 35.9 Å². The lowest BCUT2D eigenvalue weighted by Crippen LogP contribution is -1.91. The highest BCUT2D eigenvalue weighted by atomic mass is 14.1. The van der Waals surface area contributed by atoms with Crippen molar-refractivity contribution >= 4 is 0 Å². The Hall–Kier alpha value is -1.22. The van der Waals surface area contributed by atoms with Gasteiger partial charge in [0, 0.05) is 0 Å². The van der Waals surface area contributed by atoms with Crippen molar-refractivity contribution in [1.29, 1.82) is 0 Å². The smallest absolute Gasteiger partial charge is 0.0190 e. The molecular weight excluding hydrogens is 192 g/mol. The molecule has 0 bridgehead atoms. The molecule has 0 N–H and O–H groups in total. The number of rotatable bonds is 3. The van der Waals surface area contributed by atoms with Gasteiger partial charge >= 0.3 is 0 Å². The van der Waals surface area contributed by atoms with Crippen molar-refractivity contribution in [2.75, 3.05) is 0 Å². The Morgan fingerprint density at radius 3 is 1.88 bits per heavy atom. The summed E-state index contributed by atoms with van der Waals surface area (Å²) in [6.07, 6.45) is 10.6. The molecule has 0 spiro atoms. The summed E-state index contributed by atoms with van der Waals surface area (Å²) < 4.78 is 0. The van der Waals surface area contributed by atoms with Gasteiger partial charge < -0.3 is 0 Å². The van der Waals surface area contributed by atoms with Crippen molar-refractivity contribution in [1.82, 2.24) is 0 Å². The minimum Gasteiger partial charge on any atom is -0.124 e. The minimum atomic E-state index is 0. The fourth-order valence-corrected chi connectivity index (χ4v) is 1.38. The van der Waals surface area contributed by atoms with Crippen LogP contribution in [0.15, 0.2) is 30.3 Å². The average molecular weight is 220 g/mol. The highest BCUT2D eigenvalue weighted by Gasteiger charge is 2.01. The maximum absolute atomic E-state index is 4.00. The Kier molecular flexibility index (Phi) is 20.5. The minimum absolute atomic E-state index is 0. The van der Waals surface area contributed by atoms with Crippen LogP contribution < -0.4 is 0 Å². The van der Waals surface area contributed by atoms with Crippen LogP contribution in [0.4, 0.5) is 0 Å². The molecule has 0 saturated carbocycles. The Morgan fingerprint density at radius 1 is 1.06 bits per heavy atom. The van der Waals surface area contributed by atoms with Gasteiger partial charge in [-0.2, -0.15) is 0 Å². The number of benzene rings is 1. The molecule has 1 aromatic carbocycles. The second-order valence-corrected chi connectivity index (χ2v) is 3.10. The molecule has 0 heteroatoms. The quantitative estimate of drug-likeness (QED) is 0.590. The largest absolute Gasteiger partial charge is 0.124 e. The Bertz CT molecular complexity index is 220. The Morgan fingerprint density at radius 2 is 1.50 bits per heavy atom. The summed E-state index contributed by atoms with van der Waals surface area (Å²) in [6.45, 7) is 8.53. The van der Waals surface area contributed by atoms with Crippen LogP contribution in [0.1, 0.15) is 59.4 Å². The van der Waals surface area contributed by atoms with Crippen LogP contribution >= 0.6 is 0 Å². The van der Waals surface area contributed by atoms with E-state index in [4.69, 9.17) is 0 Å². The van der Waals surface area contributed by atoms with E-state index in [0.717, 1.165) is 5.92 Å². The molecular formula is C16H28. The van der Waals surface area contributed by atoms with E-state index in [0.29, 0.717) is 0 Å². The van der Waals surface area contributed by atoms with E-state index in [1.807, 2.05) is 13.8 Å². The van der Waals surface area contributed by atoms with Gasteiger partial charge in [0.1, 0.15) is 0 Å². The predicted molar refractivity (Wildman–Crippen MR) is 77.7 cm³/mol. The van der Waals surface area contributed by atoms with Crippen molar-refractivity contribution in [2.24, 2.45) is 0 Å². The molecule has 0 fully saturated rings. The summed E-state index contributed by atoms with van der Waals surface area (Å²) in [5.74, 6) is 0.723. The maximum atomic E-state index is 4.00. The molecule has 16 heavy (non-hydrogen) atoms. The monoisotopic (exact) mass is 220 g/mol. The molecule has 0 aliphatic heterocycles. The Balaban J connectivity index is -0.000000305. The van der Waals surface area contributed by atoms with Gasteiger partial charge in [-0.25, -0.2) is 0 Å². The molecule has 92 valence electrons. The van der Waals surface area contributed by atoms with Crippen molar-refractivity contribution in [3.63, 3.8) is 0 Å². The highest BCUT2D eigenvalue weighted by Crippen LogP contribution is 2.19. The molecule has 0 saturated heterocycles. The zero-order valence-corrected chi connectivity index (χ0v) is 10.5. The number of hydrogen-bond donors (Lipinski definition) is 0. The first-order chi connectivity index (χ1) is 7.34. The van der Waals surface area contributed by atoms with Crippen LogP contribution in [0.2, 0.25) is 0 Å². The van der Waals surface area contributed by atoms with Crippen molar-refractivity contribution in [2.45, 2.75) is 53.9 Å². The van der Waals surface area contributed by atoms with Gasteiger partial charge in [-0.15, -0.1) is 12.8 Å². The van der Waals surface area contributed by atoms with Gasteiger partial charge in [0.25, 0.3) is 0 Å². The van der Waals surface area contributed by atoms with E-state index >= 15 is 0 Å². The second-order valence-electron chi connectivity index (χ2n) is 3.10. The summed E-state index contributed by atoms with van der Waals surface area (Å²) in [7, 11) is 0. The van der Waals surface area contributed by atoms with Gasteiger partial charge in [-0.3, -0.25) is 0 Å². The fraction of sp³-hybridized carbons (Fsp3) is 0.500. The van der Waals surface area contributed by atoms with E-state index in [2.05, 4.69) is 57.0 Å². The molecule has 0 nitrogen and oxygen atoms in total. The zero-order valence-electron chi connectivity index (χ0n) is 10.5. The highest BCUT2D eigenvalue weighted by molar-refractivity contribution is 5.18. The van der Waals surface area contributed by atoms with E-state index in [1.165, 1.54) is 18.4 Å². The van der Waals surface area contributed by atoms with Crippen LogP contribution in [0.25, 0.3) is 0 Å². The molecule has 1 atom stereocenters. The molecule has 1 unspecified atom stereocenters. The third-order valence-corrected chi connectivity index (χ3v) is 2.09. The molecule has 0 aromatic heterocycles. The first-order valence-electron chi connectivity index (χ1n) is 5.73. The average Bonchev–Trinajstić information content (AvgIpc) is 2.36. The van der Waals surface area contributed by atoms with Gasteiger partial charge in [-0.1, -0.05) is 71.9 Å². The summed E-state index contributed by atoms with van der Waals surface area (Å²) in [5.41, 5.74) is 1.47. The van der Waals surface area contributed by atoms with E-state index < -0.39 is 0 Å². The van der Waals surface area contributed by atoms with Crippen LogP contribution in [0.5, 0.6) is 0 Å². The summed E-state index contributed by atoms with van der Waals surface area (Å²) in [4.78, 5) is 0.